The Labute approximate surface area is 116 Å². The molecule has 0 radical (unpaired) electrons. The van der Waals surface area contributed by atoms with Crippen molar-refractivity contribution in [1.29, 1.82) is 0 Å². The summed E-state index contributed by atoms with van der Waals surface area (Å²) in [6.07, 6.45) is 6.14. The van der Waals surface area contributed by atoms with Gasteiger partial charge in [-0.05, 0) is 35.5 Å². The molecule has 0 rings (SSSR count). The molecule has 0 fully saturated rings. The van der Waals surface area contributed by atoms with Crippen molar-refractivity contribution in [1.82, 2.24) is 0 Å². The maximum absolute atomic E-state index is 4.44. The highest BCUT2D eigenvalue weighted by molar-refractivity contribution is 5.18. The number of hydrogen-bond acceptors (Lipinski definition) is 0. The van der Waals surface area contributed by atoms with Gasteiger partial charge in [-0.1, -0.05) is 80.4 Å². The first-order chi connectivity index (χ1) is 8.10. The Bertz CT molecular complexity index is 250. The average Bonchev–Trinajstić information content (AvgIpc) is 2.26. The minimum Gasteiger partial charge on any atom is -0.0993 e. The first-order valence-corrected chi connectivity index (χ1v) is 7.79. The predicted molar refractivity (Wildman–Crippen MR) is 84.9 cm³/mol. The minimum atomic E-state index is 0.209. The molecule has 18 heavy (non-hydrogen) atoms. The van der Waals surface area contributed by atoms with Crippen molar-refractivity contribution in [3.05, 3.63) is 12.2 Å². The summed E-state index contributed by atoms with van der Waals surface area (Å²) in [7, 11) is 0. The molecule has 0 aliphatic rings. The summed E-state index contributed by atoms with van der Waals surface area (Å²) in [5.41, 5.74) is 2.27. The first kappa shape index (κ1) is 17.7. The summed E-state index contributed by atoms with van der Waals surface area (Å²) in [5, 5.41) is 0. The first-order valence-electron chi connectivity index (χ1n) is 7.79. The van der Waals surface area contributed by atoms with E-state index in [-0.39, 0.29) is 5.41 Å². The van der Waals surface area contributed by atoms with E-state index in [1.807, 2.05) is 0 Å². The highest BCUT2D eigenvalue weighted by Gasteiger charge is 2.51. The van der Waals surface area contributed by atoms with Gasteiger partial charge in [0.15, 0.2) is 0 Å². The standard InChI is InChI=1S/C18H36/c1-10-13-16(5,6)18(9,15(4)12-3)17(7,8)14-11-2/h4,10-14H2,1-3,5-9H3. The average molecular weight is 252 g/mol. The predicted octanol–water partition coefficient (Wildman–Crippen LogP) is 6.61. The van der Waals surface area contributed by atoms with Gasteiger partial charge in [0.2, 0.25) is 0 Å². The Morgan fingerprint density at radius 2 is 1.11 bits per heavy atom. The fourth-order valence-electron chi connectivity index (χ4n) is 3.98. The molecule has 0 aromatic carbocycles. The van der Waals surface area contributed by atoms with E-state index < -0.39 is 0 Å². The van der Waals surface area contributed by atoms with Gasteiger partial charge in [-0.25, -0.2) is 0 Å². The normalized spacial score (nSPS) is 13.8. The van der Waals surface area contributed by atoms with Crippen molar-refractivity contribution in [2.24, 2.45) is 16.2 Å². The fraction of sp³-hybridized carbons (Fsp3) is 0.889. The van der Waals surface area contributed by atoms with Crippen LogP contribution in [0.3, 0.4) is 0 Å². The molecule has 0 amide bonds. The van der Waals surface area contributed by atoms with Crippen molar-refractivity contribution in [2.45, 2.75) is 87.5 Å². The second-order valence-corrected chi connectivity index (χ2v) is 7.35. The third-order valence-corrected chi connectivity index (χ3v) is 5.59. The zero-order chi connectivity index (χ0) is 14.6. The van der Waals surface area contributed by atoms with Crippen molar-refractivity contribution in [3.8, 4) is 0 Å². The van der Waals surface area contributed by atoms with Gasteiger partial charge in [-0.15, -0.1) is 0 Å². The summed E-state index contributed by atoms with van der Waals surface area (Å²) >= 11 is 0. The van der Waals surface area contributed by atoms with Gasteiger partial charge >= 0.3 is 0 Å². The lowest BCUT2D eigenvalue weighted by atomic mass is 9.48. The molecule has 108 valence electrons. The van der Waals surface area contributed by atoms with Gasteiger partial charge in [0.05, 0.1) is 0 Å². The largest absolute Gasteiger partial charge is 0.0993 e. The van der Waals surface area contributed by atoms with Crippen LogP contribution >= 0.6 is 0 Å². The number of hydrogen-bond donors (Lipinski definition) is 0. The molecule has 0 atom stereocenters. The van der Waals surface area contributed by atoms with Crippen molar-refractivity contribution < 1.29 is 0 Å². The lowest BCUT2D eigenvalue weighted by Crippen LogP contribution is -2.48. The fourth-order valence-corrected chi connectivity index (χ4v) is 3.98. The Balaban J connectivity index is 5.65. The van der Waals surface area contributed by atoms with Crippen LogP contribution in [0.5, 0.6) is 0 Å². The molecule has 0 heterocycles. The summed E-state index contributed by atoms with van der Waals surface area (Å²) in [6.45, 7) is 23.5. The summed E-state index contributed by atoms with van der Waals surface area (Å²) in [6, 6.07) is 0. The summed E-state index contributed by atoms with van der Waals surface area (Å²) in [4.78, 5) is 0. The highest BCUT2D eigenvalue weighted by Crippen LogP contribution is 2.59. The van der Waals surface area contributed by atoms with E-state index >= 15 is 0 Å². The summed E-state index contributed by atoms with van der Waals surface area (Å²) < 4.78 is 0. The molecular formula is C18H36. The zero-order valence-corrected chi connectivity index (χ0v) is 14.2. The Morgan fingerprint density at radius 3 is 1.33 bits per heavy atom. The van der Waals surface area contributed by atoms with Gasteiger partial charge in [0, 0.05) is 0 Å². The molecule has 0 bridgehead atoms. The molecule has 0 nitrogen and oxygen atoms in total. The SMILES string of the molecule is C=C(CC)C(C)(C(C)(C)CCC)C(C)(C)CCC. The van der Waals surface area contributed by atoms with Crippen LogP contribution < -0.4 is 0 Å². The van der Waals surface area contributed by atoms with E-state index in [9.17, 15) is 0 Å². The molecule has 0 aromatic rings. The molecule has 0 spiro atoms. The van der Waals surface area contributed by atoms with Gasteiger partial charge in [-0.3, -0.25) is 0 Å². The van der Waals surface area contributed by atoms with Crippen LogP contribution in [0.4, 0.5) is 0 Å². The van der Waals surface area contributed by atoms with Gasteiger partial charge in [-0.2, -0.15) is 0 Å². The van der Waals surface area contributed by atoms with Crippen molar-refractivity contribution in [3.63, 3.8) is 0 Å². The van der Waals surface area contributed by atoms with Crippen LogP contribution in [0.25, 0.3) is 0 Å². The van der Waals surface area contributed by atoms with Crippen molar-refractivity contribution in [2.75, 3.05) is 0 Å². The molecule has 0 aliphatic carbocycles. The van der Waals surface area contributed by atoms with E-state index in [1.165, 1.54) is 31.3 Å². The topological polar surface area (TPSA) is 0 Å². The molecule has 0 saturated heterocycles. The van der Waals surface area contributed by atoms with Crippen LogP contribution in [-0.2, 0) is 0 Å². The Kier molecular flexibility index (Phi) is 6.17. The van der Waals surface area contributed by atoms with E-state index in [0.29, 0.717) is 10.8 Å². The van der Waals surface area contributed by atoms with Gasteiger partial charge < -0.3 is 0 Å². The van der Waals surface area contributed by atoms with Gasteiger partial charge in [0.1, 0.15) is 0 Å². The quantitative estimate of drug-likeness (QED) is 0.426. The van der Waals surface area contributed by atoms with Crippen LogP contribution in [0.1, 0.15) is 87.5 Å². The Hall–Kier alpha value is -0.260. The second-order valence-electron chi connectivity index (χ2n) is 7.35. The third-order valence-electron chi connectivity index (χ3n) is 5.59. The minimum absolute atomic E-state index is 0.209. The third kappa shape index (κ3) is 3.00. The molecule has 0 aliphatic heterocycles. The van der Waals surface area contributed by atoms with Crippen molar-refractivity contribution >= 4 is 0 Å². The molecule has 0 heteroatoms. The number of rotatable bonds is 8. The van der Waals surface area contributed by atoms with E-state index in [4.69, 9.17) is 0 Å². The molecule has 0 N–H and O–H groups in total. The lowest BCUT2D eigenvalue weighted by Gasteiger charge is -2.56. The van der Waals surface area contributed by atoms with Crippen LogP contribution in [0.15, 0.2) is 12.2 Å². The highest BCUT2D eigenvalue weighted by atomic mass is 14.5. The van der Waals surface area contributed by atoms with Gasteiger partial charge in [0.25, 0.3) is 0 Å². The second kappa shape index (κ2) is 6.26. The van der Waals surface area contributed by atoms with E-state index in [1.54, 1.807) is 0 Å². The molecular weight excluding hydrogens is 216 g/mol. The van der Waals surface area contributed by atoms with Crippen LogP contribution in [-0.4, -0.2) is 0 Å². The smallest absolute Gasteiger partial charge is 0.00170 e. The maximum atomic E-state index is 4.44. The molecule has 0 aromatic heterocycles. The number of allylic oxidation sites excluding steroid dienone is 1. The van der Waals surface area contributed by atoms with E-state index in [0.717, 1.165) is 6.42 Å². The van der Waals surface area contributed by atoms with Crippen LogP contribution in [0.2, 0.25) is 0 Å². The monoisotopic (exact) mass is 252 g/mol. The Morgan fingerprint density at radius 1 is 0.778 bits per heavy atom. The zero-order valence-electron chi connectivity index (χ0n) is 14.2. The van der Waals surface area contributed by atoms with Crippen LogP contribution in [0, 0.1) is 16.2 Å². The maximum Gasteiger partial charge on any atom is -0.00170 e. The molecule has 0 saturated carbocycles. The molecule has 0 unspecified atom stereocenters. The lowest BCUT2D eigenvalue weighted by molar-refractivity contribution is -0.0158. The van der Waals surface area contributed by atoms with E-state index in [2.05, 4.69) is 62.0 Å². The summed E-state index contributed by atoms with van der Waals surface area (Å²) in [5.74, 6) is 0.